The summed E-state index contributed by atoms with van der Waals surface area (Å²) in [5.41, 5.74) is 6.26. The number of anilines is 1. The summed E-state index contributed by atoms with van der Waals surface area (Å²) in [6.45, 7) is 2.44. The zero-order chi connectivity index (χ0) is 10.6. The van der Waals surface area contributed by atoms with Crippen molar-refractivity contribution < 1.29 is 9.47 Å². The highest BCUT2D eigenvalue weighted by atomic mass is 35.5. The molecular weight excluding hydrogens is 202 g/mol. The largest absolute Gasteiger partial charge is 0.486 e. The minimum absolute atomic E-state index is 0.0246. The molecule has 0 heterocycles. The van der Waals surface area contributed by atoms with E-state index in [0.717, 1.165) is 0 Å². The second kappa shape index (κ2) is 5.08. The highest BCUT2D eigenvalue weighted by Crippen LogP contribution is 2.25. The molecule has 0 aliphatic heterocycles. The Bertz CT molecular complexity index is 304. The van der Waals surface area contributed by atoms with Gasteiger partial charge in [-0.05, 0) is 25.1 Å². The summed E-state index contributed by atoms with van der Waals surface area (Å²) in [7, 11) is 1.63. The number of ether oxygens (including phenoxy) is 2. The number of rotatable bonds is 4. The van der Waals surface area contributed by atoms with Crippen LogP contribution in [0, 0.1) is 0 Å². The van der Waals surface area contributed by atoms with Gasteiger partial charge in [-0.25, -0.2) is 0 Å². The predicted octanol–water partition coefficient (Wildman–Crippen LogP) is 2.34. The molecule has 0 bridgehead atoms. The first-order valence-corrected chi connectivity index (χ1v) is 4.72. The molecule has 1 aromatic carbocycles. The number of hydrogen-bond donors (Lipinski definition) is 1. The zero-order valence-corrected chi connectivity index (χ0v) is 9.04. The van der Waals surface area contributed by atoms with Gasteiger partial charge in [0.15, 0.2) is 0 Å². The summed E-state index contributed by atoms with van der Waals surface area (Å²) in [6.07, 6.45) is -0.0246. The third-order valence-corrected chi connectivity index (χ3v) is 1.94. The summed E-state index contributed by atoms with van der Waals surface area (Å²) in [6, 6.07) is 5.16. The fourth-order valence-electron chi connectivity index (χ4n) is 1.11. The summed E-state index contributed by atoms with van der Waals surface area (Å²) in [5.74, 6) is 0.638. The van der Waals surface area contributed by atoms with Gasteiger partial charge in [0.25, 0.3) is 0 Å². The Morgan fingerprint density at radius 1 is 1.50 bits per heavy atom. The Morgan fingerprint density at radius 3 is 2.79 bits per heavy atom. The summed E-state index contributed by atoms with van der Waals surface area (Å²) < 4.78 is 10.5. The van der Waals surface area contributed by atoms with Gasteiger partial charge in [0.05, 0.1) is 12.3 Å². The third-order valence-electron chi connectivity index (χ3n) is 1.70. The molecule has 1 unspecified atom stereocenters. The zero-order valence-electron chi connectivity index (χ0n) is 8.29. The molecule has 3 nitrogen and oxygen atoms in total. The molecule has 1 aromatic rings. The molecule has 0 spiro atoms. The molecule has 1 rings (SSSR count). The smallest absolute Gasteiger partial charge is 0.142 e. The van der Waals surface area contributed by atoms with Crippen molar-refractivity contribution in [2.24, 2.45) is 0 Å². The van der Waals surface area contributed by atoms with Crippen LogP contribution in [0.2, 0.25) is 5.02 Å². The van der Waals surface area contributed by atoms with Gasteiger partial charge in [-0.1, -0.05) is 11.6 Å². The Kier molecular flexibility index (Phi) is 4.04. The Hall–Kier alpha value is -0.930. The second-order valence-corrected chi connectivity index (χ2v) is 3.50. The van der Waals surface area contributed by atoms with Crippen molar-refractivity contribution in [1.82, 2.24) is 0 Å². The molecule has 0 aromatic heterocycles. The van der Waals surface area contributed by atoms with E-state index in [1.54, 1.807) is 25.3 Å². The molecule has 0 saturated heterocycles. The van der Waals surface area contributed by atoms with Crippen molar-refractivity contribution in [3.05, 3.63) is 23.2 Å². The summed E-state index contributed by atoms with van der Waals surface area (Å²) in [4.78, 5) is 0. The van der Waals surface area contributed by atoms with Crippen LogP contribution >= 0.6 is 11.6 Å². The number of halogens is 1. The number of benzene rings is 1. The van der Waals surface area contributed by atoms with E-state index in [1.165, 1.54) is 0 Å². The third kappa shape index (κ3) is 3.09. The molecule has 0 amide bonds. The van der Waals surface area contributed by atoms with Gasteiger partial charge < -0.3 is 15.2 Å². The molecular formula is C10H14ClNO2. The maximum Gasteiger partial charge on any atom is 0.142 e. The standard InChI is InChI=1S/C10H14ClNO2/c1-7(6-13-2)14-10-4-3-8(11)5-9(10)12/h3-5,7H,6,12H2,1-2H3. The van der Waals surface area contributed by atoms with E-state index in [4.69, 9.17) is 26.8 Å². The topological polar surface area (TPSA) is 44.5 Å². The van der Waals surface area contributed by atoms with E-state index in [0.29, 0.717) is 23.1 Å². The predicted molar refractivity (Wildman–Crippen MR) is 57.8 cm³/mol. The van der Waals surface area contributed by atoms with Crippen LogP contribution in [-0.4, -0.2) is 19.8 Å². The lowest BCUT2D eigenvalue weighted by Crippen LogP contribution is -2.18. The molecule has 0 radical (unpaired) electrons. The molecule has 0 aliphatic rings. The Balaban J connectivity index is 2.67. The first-order chi connectivity index (χ1) is 6.63. The van der Waals surface area contributed by atoms with Crippen LogP contribution in [0.15, 0.2) is 18.2 Å². The van der Waals surface area contributed by atoms with Crippen LogP contribution in [0.3, 0.4) is 0 Å². The van der Waals surface area contributed by atoms with Gasteiger partial charge >= 0.3 is 0 Å². The van der Waals surface area contributed by atoms with Crippen molar-refractivity contribution in [3.63, 3.8) is 0 Å². The van der Waals surface area contributed by atoms with Gasteiger partial charge in [0, 0.05) is 12.1 Å². The van der Waals surface area contributed by atoms with Crippen LogP contribution in [0.1, 0.15) is 6.92 Å². The van der Waals surface area contributed by atoms with Gasteiger partial charge in [0.1, 0.15) is 11.9 Å². The lowest BCUT2D eigenvalue weighted by atomic mass is 10.3. The first-order valence-electron chi connectivity index (χ1n) is 4.34. The lowest BCUT2D eigenvalue weighted by Gasteiger charge is -2.15. The Morgan fingerprint density at radius 2 is 2.21 bits per heavy atom. The molecule has 78 valence electrons. The van der Waals surface area contributed by atoms with E-state index >= 15 is 0 Å². The summed E-state index contributed by atoms with van der Waals surface area (Å²) >= 11 is 5.75. The monoisotopic (exact) mass is 215 g/mol. The van der Waals surface area contributed by atoms with E-state index < -0.39 is 0 Å². The molecule has 0 saturated carbocycles. The number of methoxy groups -OCH3 is 1. The molecule has 14 heavy (non-hydrogen) atoms. The molecule has 1 atom stereocenters. The van der Waals surface area contributed by atoms with Crippen LogP contribution in [0.5, 0.6) is 5.75 Å². The molecule has 2 N–H and O–H groups in total. The van der Waals surface area contributed by atoms with Crippen LogP contribution < -0.4 is 10.5 Å². The van der Waals surface area contributed by atoms with Crippen molar-refractivity contribution >= 4 is 17.3 Å². The fourth-order valence-corrected chi connectivity index (χ4v) is 1.29. The van der Waals surface area contributed by atoms with Crippen LogP contribution in [0.25, 0.3) is 0 Å². The van der Waals surface area contributed by atoms with E-state index in [-0.39, 0.29) is 6.10 Å². The van der Waals surface area contributed by atoms with E-state index in [2.05, 4.69) is 0 Å². The maximum atomic E-state index is 5.75. The minimum atomic E-state index is -0.0246. The van der Waals surface area contributed by atoms with Gasteiger partial charge in [-0.2, -0.15) is 0 Å². The van der Waals surface area contributed by atoms with Crippen LogP contribution in [-0.2, 0) is 4.74 Å². The van der Waals surface area contributed by atoms with E-state index in [9.17, 15) is 0 Å². The lowest BCUT2D eigenvalue weighted by molar-refractivity contribution is 0.0926. The van der Waals surface area contributed by atoms with Crippen molar-refractivity contribution in [1.29, 1.82) is 0 Å². The summed E-state index contributed by atoms with van der Waals surface area (Å²) in [5, 5.41) is 0.606. The van der Waals surface area contributed by atoms with Crippen molar-refractivity contribution in [2.75, 3.05) is 19.5 Å². The fraction of sp³-hybridized carbons (Fsp3) is 0.400. The van der Waals surface area contributed by atoms with Gasteiger partial charge in [-0.3, -0.25) is 0 Å². The van der Waals surface area contributed by atoms with E-state index in [1.807, 2.05) is 6.92 Å². The second-order valence-electron chi connectivity index (χ2n) is 3.07. The highest BCUT2D eigenvalue weighted by Gasteiger charge is 2.06. The normalized spacial score (nSPS) is 12.5. The molecule has 0 aliphatic carbocycles. The SMILES string of the molecule is COCC(C)Oc1ccc(Cl)cc1N. The van der Waals surface area contributed by atoms with Crippen molar-refractivity contribution in [3.8, 4) is 5.75 Å². The van der Waals surface area contributed by atoms with Gasteiger partial charge in [0.2, 0.25) is 0 Å². The number of hydrogen-bond acceptors (Lipinski definition) is 3. The number of nitrogens with two attached hydrogens (primary N) is 1. The Labute approximate surface area is 88.8 Å². The number of nitrogen functional groups attached to an aromatic ring is 1. The average molecular weight is 216 g/mol. The van der Waals surface area contributed by atoms with Gasteiger partial charge in [-0.15, -0.1) is 0 Å². The van der Waals surface area contributed by atoms with Crippen LogP contribution in [0.4, 0.5) is 5.69 Å². The first kappa shape index (κ1) is 11.1. The quantitative estimate of drug-likeness (QED) is 0.785. The minimum Gasteiger partial charge on any atom is -0.486 e. The molecule has 4 heteroatoms. The van der Waals surface area contributed by atoms with Crippen molar-refractivity contribution in [2.45, 2.75) is 13.0 Å². The maximum absolute atomic E-state index is 5.75. The highest BCUT2D eigenvalue weighted by molar-refractivity contribution is 6.30. The molecule has 0 fully saturated rings. The average Bonchev–Trinajstić information content (AvgIpc) is 2.10.